The number of hydrogen-bond acceptors (Lipinski definition) is 4. The van der Waals surface area contributed by atoms with Crippen LogP contribution in [0.15, 0.2) is 6.20 Å². The minimum atomic E-state index is -0.705. The summed E-state index contributed by atoms with van der Waals surface area (Å²) >= 11 is 5.43. The topological polar surface area (TPSA) is 78.0 Å². The minimum Gasteiger partial charge on any atom is -0.358 e. The first-order chi connectivity index (χ1) is 5.65. The molecule has 6 nitrogen and oxygen atoms in total. The van der Waals surface area contributed by atoms with Crippen molar-refractivity contribution in [3.05, 3.63) is 21.3 Å². The van der Waals surface area contributed by atoms with Gasteiger partial charge in [0.25, 0.3) is 0 Å². The second-order valence-corrected chi connectivity index (χ2v) is 2.35. The lowest BCUT2D eigenvalue weighted by molar-refractivity contribution is -0.389. The Bertz CT molecular complexity index is 322. The zero-order chi connectivity index (χ0) is 9.14. The average molecular weight is 190 g/mol. The molecule has 0 N–H and O–H groups in total. The van der Waals surface area contributed by atoms with Gasteiger partial charge in [-0.1, -0.05) is 11.6 Å². The van der Waals surface area contributed by atoms with Crippen molar-refractivity contribution in [2.45, 2.75) is 6.54 Å². The molecule has 64 valence electrons. The molecule has 1 heterocycles. The van der Waals surface area contributed by atoms with Crippen LogP contribution in [-0.4, -0.2) is 21.0 Å². The first-order valence-electron chi connectivity index (χ1n) is 2.96. The zero-order valence-electron chi connectivity index (χ0n) is 5.81. The minimum absolute atomic E-state index is 0.0342. The van der Waals surface area contributed by atoms with Crippen LogP contribution in [0, 0.1) is 10.1 Å². The van der Waals surface area contributed by atoms with Gasteiger partial charge < -0.3 is 14.9 Å². The summed E-state index contributed by atoms with van der Waals surface area (Å²) in [7, 11) is 0. The molecule has 0 amide bonds. The molecular formula is C5H4ClN3O3. The van der Waals surface area contributed by atoms with Gasteiger partial charge in [0.15, 0.2) is 5.02 Å². The molecule has 0 aliphatic rings. The number of nitrogens with zero attached hydrogens (tertiary/aromatic N) is 3. The molecule has 1 aromatic rings. The van der Waals surface area contributed by atoms with Gasteiger partial charge in [-0.3, -0.25) is 0 Å². The van der Waals surface area contributed by atoms with Crippen molar-refractivity contribution in [3.63, 3.8) is 0 Å². The van der Waals surface area contributed by atoms with Crippen LogP contribution in [-0.2, 0) is 11.3 Å². The summed E-state index contributed by atoms with van der Waals surface area (Å²) in [5, 5.41) is 13.6. The summed E-state index contributed by atoms with van der Waals surface area (Å²) in [6.07, 6.45) is 1.81. The summed E-state index contributed by atoms with van der Waals surface area (Å²) in [4.78, 5) is 19.5. The second kappa shape index (κ2) is 3.31. The molecule has 0 radical (unpaired) electrons. The van der Waals surface area contributed by atoms with Crippen LogP contribution >= 0.6 is 11.6 Å². The summed E-state index contributed by atoms with van der Waals surface area (Å²) in [5.74, 6) is -0.432. The standard InChI is InChI=1S/C5H4ClN3O3/c6-4-3-8(1-2-10)7-5(4)9(11)12/h2-3H,1H2. The van der Waals surface area contributed by atoms with Crippen molar-refractivity contribution in [1.82, 2.24) is 9.78 Å². The van der Waals surface area contributed by atoms with Gasteiger partial charge in [-0.2, -0.15) is 4.68 Å². The second-order valence-electron chi connectivity index (χ2n) is 1.95. The summed E-state index contributed by atoms with van der Waals surface area (Å²) in [6, 6.07) is 0. The van der Waals surface area contributed by atoms with E-state index >= 15 is 0 Å². The van der Waals surface area contributed by atoms with Gasteiger partial charge in [-0.15, -0.1) is 0 Å². The lowest BCUT2D eigenvalue weighted by Crippen LogP contribution is -1.99. The fraction of sp³-hybridized carbons (Fsp3) is 0.200. The number of carbonyl (C=O) groups is 1. The lowest BCUT2D eigenvalue weighted by atomic mass is 10.6. The molecule has 0 spiro atoms. The van der Waals surface area contributed by atoms with Crippen molar-refractivity contribution in [2.24, 2.45) is 0 Å². The summed E-state index contributed by atoms with van der Waals surface area (Å²) in [6.45, 7) is -0.0342. The molecule has 0 aliphatic heterocycles. The number of nitro groups is 1. The maximum Gasteiger partial charge on any atom is 0.408 e. The van der Waals surface area contributed by atoms with E-state index in [0.29, 0.717) is 6.29 Å². The van der Waals surface area contributed by atoms with Crippen molar-refractivity contribution >= 4 is 23.7 Å². The largest absolute Gasteiger partial charge is 0.408 e. The van der Waals surface area contributed by atoms with Crippen LogP contribution in [0.25, 0.3) is 0 Å². The molecule has 0 aliphatic carbocycles. The lowest BCUT2D eigenvalue weighted by Gasteiger charge is -1.84. The maximum atomic E-state index is 10.2. The molecule has 1 rings (SSSR count). The highest BCUT2D eigenvalue weighted by Crippen LogP contribution is 2.20. The quantitative estimate of drug-likeness (QED) is 0.397. The molecule has 1 aromatic heterocycles. The molecule has 0 saturated heterocycles. The summed E-state index contributed by atoms with van der Waals surface area (Å²) in [5.41, 5.74) is 0. The average Bonchev–Trinajstić information content (AvgIpc) is 2.32. The van der Waals surface area contributed by atoms with E-state index < -0.39 is 10.7 Å². The number of halogens is 1. The third-order valence-electron chi connectivity index (χ3n) is 1.13. The molecule has 0 bridgehead atoms. The Balaban J connectivity index is 2.99. The molecule has 12 heavy (non-hydrogen) atoms. The molecule has 0 unspecified atom stereocenters. The van der Waals surface area contributed by atoms with Crippen LogP contribution in [0.1, 0.15) is 0 Å². The normalized spacial score (nSPS) is 9.75. The van der Waals surface area contributed by atoms with E-state index in [9.17, 15) is 14.9 Å². The monoisotopic (exact) mass is 189 g/mol. The Morgan fingerprint density at radius 3 is 2.92 bits per heavy atom. The fourth-order valence-electron chi connectivity index (χ4n) is 0.680. The van der Waals surface area contributed by atoms with Crippen molar-refractivity contribution in [1.29, 1.82) is 0 Å². The van der Waals surface area contributed by atoms with E-state index in [1.54, 1.807) is 0 Å². The van der Waals surface area contributed by atoms with Crippen molar-refractivity contribution < 1.29 is 9.72 Å². The van der Waals surface area contributed by atoms with Crippen LogP contribution < -0.4 is 0 Å². The van der Waals surface area contributed by atoms with E-state index in [0.717, 1.165) is 4.68 Å². The van der Waals surface area contributed by atoms with Crippen molar-refractivity contribution in [3.8, 4) is 0 Å². The Morgan fingerprint density at radius 1 is 1.83 bits per heavy atom. The van der Waals surface area contributed by atoms with Crippen LogP contribution in [0.4, 0.5) is 5.82 Å². The highest BCUT2D eigenvalue weighted by molar-refractivity contribution is 6.32. The van der Waals surface area contributed by atoms with Crippen LogP contribution in [0.2, 0.25) is 5.02 Å². The molecule has 0 aromatic carbocycles. The molecule has 0 atom stereocenters. The predicted molar refractivity (Wildman–Crippen MR) is 40.0 cm³/mol. The van der Waals surface area contributed by atoms with Gasteiger partial charge >= 0.3 is 5.82 Å². The zero-order valence-corrected chi connectivity index (χ0v) is 6.56. The van der Waals surface area contributed by atoms with Gasteiger partial charge in [0.05, 0.1) is 11.3 Å². The SMILES string of the molecule is O=CCn1cc(Cl)c([N+](=O)[O-])n1. The number of carbonyl (C=O) groups excluding carboxylic acids is 1. The van der Waals surface area contributed by atoms with E-state index in [1.807, 2.05) is 0 Å². The Kier molecular flexibility index (Phi) is 2.39. The Morgan fingerprint density at radius 2 is 2.50 bits per heavy atom. The third-order valence-corrected chi connectivity index (χ3v) is 1.40. The number of rotatable bonds is 3. The van der Waals surface area contributed by atoms with Gasteiger partial charge in [-0.05, 0) is 4.92 Å². The predicted octanol–water partition coefficient (Wildman–Crippen LogP) is 0.644. The van der Waals surface area contributed by atoms with Crippen LogP contribution in [0.3, 0.4) is 0 Å². The van der Waals surface area contributed by atoms with E-state index in [-0.39, 0.29) is 11.6 Å². The van der Waals surface area contributed by atoms with Gasteiger partial charge in [0.2, 0.25) is 0 Å². The highest BCUT2D eigenvalue weighted by atomic mass is 35.5. The van der Waals surface area contributed by atoms with Crippen LogP contribution in [0.5, 0.6) is 0 Å². The number of aromatic nitrogens is 2. The molecule has 0 saturated carbocycles. The smallest absolute Gasteiger partial charge is 0.358 e. The summed E-state index contributed by atoms with van der Waals surface area (Å²) < 4.78 is 1.10. The number of hydrogen-bond donors (Lipinski definition) is 0. The van der Waals surface area contributed by atoms with Gasteiger partial charge in [0, 0.05) is 0 Å². The van der Waals surface area contributed by atoms with Crippen molar-refractivity contribution in [2.75, 3.05) is 0 Å². The Labute approximate surface area is 71.9 Å². The number of aldehydes is 1. The Hall–Kier alpha value is -1.43. The third kappa shape index (κ3) is 1.59. The van der Waals surface area contributed by atoms with Gasteiger partial charge in [-0.25, -0.2) is 0 Å². The first-order valence-corrected chi connectivity index (χ1v) is 3.34. The highest BCUT2D eigenvalue weighted by Gasteiger charge is 2.18. The van der Waals surface area contributed by atoms with E-state index in [4.69, 9.17) is 11.6 Å². The fourth-order valence-corrected chi connectivity index (χ4v) is 0.900. The molecular weight excluding hydrogens is 186 g/mol. The molecule has 7 heteroatoms. The van der Waals surface area contributed by atoms with E-state index in [2.05, 4.69) is 5.10 Å². The van der Waals surface area contributed by atoms with Gasteiger partial charge in [0.1, 0.15) is 12.8 Å². The first kappa shape index (κ1) is 8.66. The van der Waals surface area contributed by atoms with E-state index in [1.165, 1.54) is 6.20 Å². The molecule has 0 fully saturated rings. The maximum absolute atomic E-state index is 10.2.